The standard InChI is InChI=1S/C29H31F2N7O/c1-16-7-9-19(30)12-23(16)38-26(13-25(36-38)29(3,4)5)34-28(39)33-22-10-8-18(11-21(22)31)20-14-32-15-24-27(20)17(2)35-37(24)6/h7-15,17,35H,1-6H3,(H2,33,34,39). The van der Waals surface area contributed by atoms with Crippen LogP contribution in [0.25, 0.3) is 16.8 Å². The van der Waals surface area contributed by atoms with Gasteiger partial charge in [0.25, 0.3) is 0 Å². The molecule has 0 bridgehead atoms. The first-order valence-corrected chi connectivity index (χ1v) is 12.6. The molecule has 4 aromatic rings. The molecule has 2 aromatic carbocycles. The van der Waals surface area contributed by atoms with Crippen LogP contribution in [0.15, 0.2) is 54.9 Å². The predicted molar refractivity (Wildman–Crippen MR) is 149 cm³/mol. The van der Waals surface area contributed by atoms with Crippen molar-refractivity contribution in [3.63, 3.8) is 0 Å². The van der Waals surface area contributed by atoms with Gasteiger partial charge >= 0.3 is 6.03 Å². The molecule has 10 heteroatoms. The third-order valence-corrected chi connectivity index (χ3v) is 6.80. The summed E-state index contributed by atoms with van der Waals surface area (Å²) in [5.74, 6) is -0.672. The monoisotopic (exact) mass is 531 g/mol. The van der Waals surface area contributed by atoms with Crippen LogP contribution >= 0.6 is 0 Å². The molecular weight excluding hydrogens is 500 g/mol. The number of aromatic nitrogens is 3. The van der Waals surface area contributed by atoms with Crippen LogP contribution in [0.5, 0.6) is 0 Å². The Kier molecular flexibility index (Phi) is 6.59. The summed E-state index contributed by atoms with van der Waals surface area (Å²) in [6.45, 7) is 9.84. The number of rotatable bonds is 4. The zero-order chi connectivity index (χ0) is 28.1. The van der Waals surface area contributed by atoms with E-state index < -0.39 is 17.7 Å². The molecule has 8 nitrogen and oxygen atoms in total. The summed E-state index contributed by atoms with van der Waals surface area (Å²) >= 11 is 0. The Hall–Kier alpha value is -4.31. The van der Waals surface area contributed by atoms with Crippen molar-refractivity contribution < 1.29 is 13.6 Å². The van der Waals surface area contributed by atoms with Crippen LogP contribution in [0.4, 0.5) is 30.8 Å². The van der Waals surface area contributed by atoms with Gasteiger partial charge in [-0.25, -0.2) is 23.7 Å². The number of hydrogen-bond donors (Lipinski definition) is 3. The number of carbonyl (C=O) groups is 1. The quantitative estimate of drug-likeness (QED) is 0.281. The average molecular weight is 532 g/mol. The topological polar surface area (TPSA) is 87.1 Å². The number of anilines is 3. The van der Waals surface area contributed by atoms with E-state index in [9.17, 15) is 9.18 Å². The number of fused-ring (bicyclic) bond motifs is 1. The fraction of sp³-hybridized carbons (Fsp3) is 0.276. The van der Waals surface area contributed by atoms with E-state index in [1.165, 1.54) is 28.9 Å². The van der Waals surface area contributed by atoms with Gasteiger partial charge in [-0.3, -0.25) is 10.3 Å². The minimum absolute atomic E-state index is 0.0177. The SMILES string of the molecule is Cc1ccc(F)cc1-n1nc(C(C)(C)C)cc1NC(=O)Nc1ccc(-c2cncc3c2C(C)NN3C)cc1F. The van der Waals surface area contributed by atoms with Crippen LogP contribution in [0, 0.1) is 18.6 Å². The number of halogens is 2. The van der Waals surface area contributed by atoms with Gasteiger partial charge in [-0.1, -0.05) is 32.9 Å². The summed E-state index contributed by atoms with van der Waals surface area (Å²) < 4.78 is 30.8. The number of hydrazine groups is 1. The summed E-state index contributed by atoms with van der Waals surface area (Å²) in [7, 11) is 1.91. The fourth-order valence-corrected chi connectivity index (χ4v) is 4.72. The smallest absolute Gasteiger partial charge is 0.309 e. The van der Waals surface area contributed by atoms with Crippen LogP contribution < -0.4 is 21.1 Å². The minimum atomic E-state index is -0.654. The second-order valence-electron chi connectivity index (χ2n) is 10.8. The predicted octanol–water partition coefficient (Wildman–Crippen LogP) is 6.48. The van der Waals surface area contributed by atoms with Gasteiger partial charge in [-0.2, -0.15) is 5.10 Å². The van der Waals surface area contributed by atoms with Crippen LogP contribution in [-0.4, -0.2) is 27.8 Å². The lowest BCUT2D eigenvalue weighted by atomic mass is 9.92. The van der Waals surface area contributed by atoms with Crippen molar-refractivity contribution >= 4 is 23.2 Å². The van der Waals surface area contributed by atoms with Gasteiger partial charge in [0.1, 0.15) is 17.5 Å². The van der Waals surface area contributed by atoms with E-state index in [0.29, 0.717) is 22.8 Å². The normalized spacial score (nSPS) is 14.9. The van der Waals surface area contributed by atoms with Gasteiger partial charge in [0, 0.05) is 35.9 Å². The van der Waals surface area contributed by atoms with Gasteiger partial charge in [-0.15, -0.1) is 0 Å². The molecule has 2 amide bonds. The number of carbonyl (C=O) groups excluding carboxylic acids is 1. The summed E-state index contributed by atoms with van der Waals surface area (Å²) in [5.41, 5.74) is 8.41. The minimum Gasteiger partial charge on any atom is -0.309 e. The lowest BCUT2D eigenvalue weighted by Gasteiger charge is -2.14. The molecule has 1 aliphatic rings. The highest BCUT2D eigenvalue weighted by Crippen LogP contribution is 2.39. The van der Waals surface area contributed by atoms with E-state index in [4.69, 9.17) is 0 Å². The van der Waals surface area contributed by atoms with Gasteiger partial charge in [-0.05, 0) is 49.2 Å². The Morgan fingerprint density at radius 2 is 1.79 bits per heavy atom. The molecule has 1 aliphatic heterocycles. The molecule has 0 fully saturated rings. The lowest BCUT2D eigenvalue weighted by molar-refractivity contribution is 0.262. The molecule has 0 radical (unpaired) electrons. The van der Waals surface area contributed by atoms with Crippen molar-refractivity contribution in [3.8, 4) is 16.8 Å². The van der Waals surface area contributed by atoms with E-state index in [0.717, 1.165) is 22.4 Å². The number of nitrogens with one attached hydrogen (secondary N) is 3. The van der Waals surface area contributed by atoms with Crippen molar-refractivity contribution in [1.82, 2.24) is 20.2 Å². The number of aryl methyl sites for hydroxylation is 1. The number of nitrogens with zero attached hydrogens (tertiary/aromatic N) is 4. The Morgan fingerprint density at radius 1 is 1.03 bits per heavy atom. The van der Waals surface area contributed by atoms with E-state index in [-0.39, 0.29) is 17.1 Å². The van der Waals surface area contributed by atoms with Gasteiger partial charge < -0.3 is 10.3 Å². The highest BCUT2D eigenvalue weighted by Gasteiger charge is 2.27. The van der Waals surface area contributed by atoms with Crippen molar-refractivity contribution in [2.75, 3.05) is 22.7 Å². The van der Waals surface area contributed by atoms with Crippen LogP contribution in [0.3, 0.4) is 0 Å². The first-order chi connectivity index (χ1) is 18.4. The Labute approximate surface area is 226 Å². The zero-order valence-electron chi connectivity index (χ0n) is 22.7. The van der Waals surface area contributed by atoms with E-state index in [1.54, 1.807) is 30.6 Å². The summed E-state index contributed by atoms with van der Waals surface area (Å²) in [5, 5.41) is 11.9. The number of hydrogen-bond acceptors (Lipinski definition) is 5. The molecule has 3 heterocycles. The molecule has 5 rings (SSSR count). The van der Waals surface area contributed by atoms with E-state index >= 15 is 4.39 Å². The van der Waals surface area contributed by atoms with Crippen LogP contribution in [-0.2, 0) is 5.41 Å². The maximum atomic E-state index is 15.2. The second kappa shape index (κ2) is 9.77. The third kappa shape index (κ3) is 5.07. The van der Waals surface area contributed by atoms with Crippen molar-refractivity contribution in [2.24, 2.45) is 0 Å². The molecule has 3 N–H and O–H groups in total. The first-order valence-electron chi connectivity index (χ1n) is 12.6. The number of benzene rings is 2. The van der Waals surface area contributed by atoms with E-state index in [1.807, 2.05) is 46.7 Å². The third-order valence-electron chi connectivity index (χ3n) is 6.80. The number of pyridine rings is 1. The number of amides is 2. The second-order valence-corrected chi connectivity index (χ2v) is 10.8. The Morgan fingerprint density at radius 3 is 2.51 bits per heavy atom. The molecule has 0 aliphatic carbocycles. The average Bonchev–Trinajstić information content (AvgIpc) is 3.42. The highest BCUT2D eigenvalue weighted by molar-refractivity contribution is 5.99. The largest absolute Gasteiger partial charge is 0.324 e. The molecule has 2 aromatic heterocycles. The van der Waals surface area contributed by atoms with Gasteiger partial charge in [0.15, 0.2) is 0 Å². The molecule has 0 saturated carbocycles. The summed E-state index contributed by atoms with van der Waals surface area (Å²) in [4.78, 5) is 17.3. The van der Waals surface area contributed by atoms with Crippen LogP contribution in [0.1, 0.15) is 50.6 Å². The maximum absolute atomic E-state index is 15.2. The number of urea groups is 1. The Balaban J connectivity index is 1.41. The molecule has 0 saturated heterocycles. The highest BCUT2D eigenvalue weighted by atomic mass is 19.1. The van der Waals surface area contributed by atoms with Gasteiger partial charge in [0.05, 0.1) is 35.0 Å². The molecule has 39 heavy (non-hydrogen) atoms. The zero-order valence-corrected chi connectivity index (χ0v) is 22.7. The van der Waals surface area contributed by atoms with Crippen LogP contribution in [0.2, 0.25) is 0 Å². The molecule has 1 unspecified atom stereocenters. The lowest BCUT2D eigenvalue weighted by Crippen LogP contribution is -2.28. The van der Waals surface area contributed by atoms with Crippen molar-refractivity contribution in [3.05, 3.63) is 83.3 Å². The summed E-state index contributed by atoms with van der Waals surface area (Å²) in [6.07, 6.45) is 3.49. The first kappa shape index (κ1) is 26.3. The Bertz CT molecular complexity index is 1570. The molecule has 1 atom stereocenters. The van der Waals surface area contributed by atoms with Crippen molar-refractivity contribution in [2.45, 2.75) is 46.1 Å². The molecular formula is C29H31F2N7O. The van der Waals surface area contributed by atoms with Gasteiger partial charge in [0.2, 0.25) is 0 Å². The maximum Gasteiger partial charge on any atom is 0.324 e. The molecule has 0 spiro atoms. The van der Waals surface area contributed by atoms with E-state index in [2.05, 4.69) is 26.1 Å². The summed E-state index contributed by atoms with van der Waals surface area (Å²) in [6, 6.07) is 10.2. The van der Waals surface area contributed by atoms with Crippen molar-refractivity contribution in [1.29, 1.82) is 0 Å². The fourth-order valence-electron chi connectivity index (χ4n) is 4.72. The molecule has 202 valence electrons.